The minimum absolute atomic E-state index is 0.451. The van der Waals surface area contributed by atoms with Gasteiger partial charge in [-0.05, 0) is 25.3 Å². The lowest BCUT2D eigenvalue weighted by Gasteiger charge is -2.12. The van der Waals surface area contributed by atoms with Crippen LogP contribution in [0.25, 0.3) is 10.8 Å². The zero-order valence-electron chi connectivity index (χ0n) is 11.9. The summed E-state index contributed by atoms with van der Waals surface area (Å²) >= 11 is 0. The molecule has 1 unspecified atom stereocenters. The number of rotatable bonds is 4. The summed E-state index contributed by atoms with van der Waals surface area (Å²) in [6.45, 7) is 3.18. The predicted molar refractivity (Wildman–Crippen MR) is 80.0 cm³/mol. The van der Waals surface area contributed by atoms with E-state index in [1.165, 1.54) is 13.0 Å². The van der Waals surface area contributed by atoms with Gasteiger partial charge in [0.25, 0.3) is 0 Å². The molecule has 0 radical (unpaired) electrons. The van der Waals surface area contributed by atoms with E-state index in [2.05, 4.69) is 0 Å². The molecule has 0 spiro atoms. The first-order valence-electron chi connectivity index (χ1n) is 6.64. The first-order valence-corrected chi connectivity index (χ1v) is 6.64. The minimum Gasteiger partial charge on any atom is -0.447 e. The van der Waals surface area contributed by atoms with Crippen molar-refractivity contribution < 1.29 is 19.1 Å². The van der Waals surface area contributed by atoms with Gasteiger partial charge < -0.3 is 9.47 Å². The number of carbonyl (C=O) groups is 2. The quantitative estimate of drug-likeness (QED) is 0.491. The highest BCUT2D eigenvalue weighted by Crippen LogP contribution is 2.25. The molecule has 0 N–H and O–H groups in total. The van der Waals surface area contributed by atoms with Crippen LogP contribution in [0.5, 0.6) is 5.75 Å². The molecule has 0 bridgehead atoms. The molecule has 4 nitrogen and oxygen atoms in total. The summed E-state index contributed by atoms with van der Waals surface area (Å²) in [4.78, 5) is 23.3. The van der Waals surface area contributed by atoms with Crippen LogP contribution < -0.4 is 4.74 Å². The molecule has 2 aromatic rings. The fourth-order valence-corrected chi connectivity index (χ4v) is 1.87. The third-order valence-electron chi connectivity index (χ3n) is 2.89. The summed E-state index contributed by atoms with van der Waals surface area (Å²) in [5, 5.41) is 1.81. The van der Waals surface area contributed by atoms with Gasteiger partial charge in [0.1, 0.15) is 5.75 Å². The molecule has 0 aromatic heterocycles. The van der Waals surface area contributed by atoms with Gasteiger partial charge in [-0.3, -0.25) is 0 Å². The van der Waals surface area contributed by atoms with Gasteiger partial charge in [0.2, 0.25) is 0 Å². The van der Waals surface area contributed by atoms with Crippen molar-refractivity contribution in [3.63, 3.8) is 0 Å². The van der Waals surface area contributed by atoms with E-state index in [0.29, 0.717) is 5.75 Å². The van der Waals surface area contributed by atoms with E-state index in [9.17, 15) is 9.59 Å². The lowest BCUT2D eigenvalue weighted by Crippen LogP contribution is -2.27. The second-order valence-corrected chi connectivity index (χ2v) is 4.48. The number of carbonyl (C=O) groups excluding carboxylic acids is 2. The van der Waals surface area contributed by atoms with Gasteiger partial charge in [0.15, 0.2) is 6.10 Å². The van der Waals surface area contributed by atoms with Crippen molar-refractivity contribution in [1.29, 1.82) is 0 Å². The number of hydrogen-bond acceptors (Lipinski definition) is 4. The van der Waals surface area contributed by atoms with Crippen LogP contribution in [0.3, 0.4) is 0 Å². The Morgan fingerprint density at radius 1 is 1.10 bits per heavy atom. The third-order valence-corrected chi connectivity index (χ3v) is 2.89. The van der Waals surface area contributed by atoms with Crippen LogP contribution in [0.4, 0.5) is 0 Å². The highest BCUT2D eigenvalue weighted by molar-refractivity contribution is 5.91. The molecule has 0 fully saturated rings. The van der Waals surface area contributed by atoms with Gasteiger partial charge in [0, 0.05) is 11.5 Å². The molecule has 0 saturated carbocycles. The van der Waals surface area contributed by atoms with Crippen molar-refractivity contribution in [3.05, 3.63) is 54.6 Å². The topological polar surface area (TPSA) is 52.6 Å². The zero-order valence-corrected chi connectivity index (χ0v) is 11.9. The maximum absolute atomic E-state index is 12.0. The second-order valence-electron chi connectivity index (χ2n) is 4.48. The Bertz CT molecular complexity index is 683. The summed E-state index contributed by atoms with van der Waals surface area (Å²) in [6.07, 6.45) is 1.83. The Morgan fingerprint density at radius 2 is 1.81 bits per heavy atom. The summed E-state index contributed by atoms with van der Waals surface area (Å²) in [7, 11) is 0. The van der Waals surface area contributed by atoms with Crippen molar-refractivity contribution >= 4 is 22.7 Å². The molecular formula is C17H16O4. The number of fused-ring (bicyclic) bond motifs is 1. The van der Waals surface area contributed by atoms with Gasteiger partial charge >= 0.3 is 11.9 Å². The Morgan fingerprint density at radius 3 is 2.57 bits per heavy atom. The maximum Gasteiger partial charge on any atom is 0.352 e. The average molecular weight is 284 g/mol. The van der Waals surface area contributed by atoms with Crippen LogP contribution in [0.2, 0.25) is 0 Å². The van der Waals surface area contributed by atoms with Gasteiger partial charge in [-0.2, -0.15) is 0 Å². The summed E-state index contributed by atoms with van der Waals surface area (Å²) in [5.41, 5.74) is 0. The molecule has 21 heavy (non-hydrogen) atoms. The van der Waals surface area contributed by atoms with Crippen molar-refractivity contribution in [2.75, 3.05) is 0 Å². The number of ether oxygens (including phenoxy) is 2. The lowest BCUT2D eigenvalue weighted by atomic mass is 10.1. The Balaban J connectivity index is 2.13. The molecule has 1 atom stereocenters. The van der Waals surface area contributed by atoms with Gasteiger partial charge in [0.05, 0.1) is 0 Å². The minimum atomic E-state index is -0.965. The smallest absolute Gasteiger partial charge is 0.352 e. The van der Waals surface area contributed by atoms with E-state index in [4.69, 9.17) is 9.47 Å². The average Bonchev–Trinajstić information content (AvgIpc) is 2.47. The molecule has 2 aromatic carbocycles. The standard InChI is InChI=1S/C17H16O4/c1-3-7-16(18)20-12(2)17(19)21-15-11-6-9-13-8-4-5-10-14(13)15/h3-12H,1-2H3/b7-3-. The summed E-state index contributed by atoms with van der Waals surface area (Å²) < 4.78 is 10.3. The fourth-order valence-electron chi connectivity index (χ4n) is 1.87. The molecule has 0 amide bonds. The van der Waals surface area contributed by atoms with E-state index in [1.54, 1.807) is 25.1 Å². The van der Waals surface area contributed by atoms with Crippen LogP contribution in [-0.2, 0) is 14.3 Å². The van der Waals surface area contributed by atoms with Crippen LogP contribution in [0, 0.1) is 0 Å². The molecule has 0 saturated heterocycles. The third kappa shape index (κ3) is 3.69. The molecule has 4 heteroatoms. The largest absolute Gasteiger partial charge is 0.447 e. The number of hydrogen-bond donors (Lipinski definition) is 0. The number of allylic oxidation sites excluding steroid dienone is 1. The summed E-state index contributed by atoms with van der Waals surface area (Å²) in [5.74, 6) is -0.726. The molecule has 0 aliphatic carbocycles. The fraction of sp³-hybridized carbons (Fsp3) is 0.176. The van der Waals surface area contributed by atoms with Crippen molar-refractivity contribution in [3.8, 4) is 5.75 Å². The first kappa shape index (κ1) is 14.8. The van der Waals surface area contributed by atoms with Crippen molar-refractivity contribution in [2.24, 2.45) is 0 Å². The van der Waals surface area contributed by atoms with E-state index in [1.807, 2.05) is 30.3 Å². The number of esters is 2. The Hall–Kier alpha value is -2.62. The van der Waals surface area contributed by atoms with Crippen LogP contribution in [-0.4, -0.2) is 18.0 Å². The monoisotopic (exact) mass is 284 g/mol. The molecule has 0 aliphatic rings. The molecule has 0 aliphatic heterocycles. The zero-order chi connectivity index (χ0) is 15.2. The van der Waals surface area contributed by atoms with E-state index >= 15 is 0 Å². The Labute approximate surface area is 123 Å². The maximum atomic E-state index is 12.0. The van der Waals surface area contributed by atoms with E-state index in [0.717, 1.165) is 10.8 Å². The SMILES string of the molecule is C/C=C\C(=O)OC(C)C(=O)Oc1cccc2ccccc12. The first-order chi connectivity index (χ1) is 10.1. The van der Waals surface area contributed by atoms with Crippen LogP contribution in [0.15, 0.2) is 54.6 Å². The normalized spacial score (nSPS) is 12.3. The molecule has 108 valence electrons. The molecular weight excluding hydrogens is 268 g/mol. The Kier molecular flexibility index (Phi) is 4.72. The predicted octanol–water partition coefficient (Wildman–Crippen LogP) is 3.25. The van der Waals surface area contributed by atoms with Gasteiger partial charge in [-0.1, -0.05) is 42.5 Å². The van der Waals surface area contributed by atoms with Crippen LogP contribution >= 0.6 is 0 Å². The van der Waals surface area contributed by atoms with E-state index < -0.39 is 18.0 Å². The highest BCUT2D eigenvalue weighted by atomic mass is 16.6. The highest BCUT2D eigenvalue weighted by Gasteiger charge is 2.19. The molecule has 0 heterocycles. The van der Waals surface area contributed by atoms with Crippen molar-refractivity contribution in [2.45, 2.75) is 20.0 Å². The van der Waals surface area contributed by atoms with Gasteiger partial charge in [-0.25, -0.2) is 9.59 Å². The van der Waals surface area contributed by atoms with Gasteiger partial charge in [-0.15, -0.1) is 0 Å². The van der Waals surface area contributed by atoms with Crippen molar-refractivity contribution in [1.82, 2.24) is 0 Å². The lowest BCUT2D eigenvalue weighted by molar-refractivity contribution is -0.157. The number of benzene rings is 2. The molecule has 2 rings (SSSR count). The van der Waals surface area contributed by atoms with E-state index in [-0.39, 0.29) is 0 Å². The second kappa shape index (κ2) is 6.70. The van der Waals surface area contributed by atoms with Crippen LogP contribution in [0.1, 0.15) is 13.8 Å². The summed E-state index contributed by atoms with van der Waals surface area (Å²) in [6, 6.07) is 13.0.